The van der Waals surface area contributed by atoms with Crippen molar-refractivity contribution in [3.05, 3.63) is 12.2 Å². The van der Waals surface area contributed by atoms with Crippen LogP contribution in [0.25, 0.3) is 0 Å². The molecular formula is C19H34O4. The van der Waals surface area contributed by atoms with Gasteiger partial charge in [-0.3, -0.25) is 4.79 Å². The molecule has 3 atom stereocenters. The van der Waals surface area contributed by atoms with Crippen LogP contribution in [0.3, 0.4) is 0 Å². The molecular weight excluding hydrogens is 292 g/mol. The first-order valence-corrected chi connectivity index (χ1v) is 9.26. The highest BCUT2D eigenvalue weighted by Gasteiger charge is 2.41. The molecule has 0 spiro atoms. The molecule has 0 aromatic carbocycles. The molecule has 1 fully saturated rings. The maximum Gasteiger partial charge on any atom is 0.305 e. The van der Waals surface area contributed by atoms with Gasteiger partial charge >= 0.3 is 5.97 Å². The van der Waals surface area contributed by atoms with Crippen LogP contribution in [-0.2, 0) is 14.3 Å². The molecule has 0 saturated carbocycles. The molecule has 23 heavy (non-hydrogen) atoms. The maximum absolute atomic E-state index is 11.0. The summed E-state index contributed by atoms with van der Waals surface area (Å²) >= 11 is 0. The standard InChI is InChI=1S/C19H34O4/c1-3-4-5-7-11-14-17-19(23-17)16(20)13-10-8-6-9-12-15-18(21)22-2/h11,14,16-17,19-20H,3-10,12-13,15H2,1-2H3/b14-11+/t16-,17+,19+/m1/s1. The fourth-order valence-corrected chi connectivity index (χ4v) is 2.76. The first kappa shape index (κ1) is 20.2. The predicted octanol–water partition coefficient (Wildman–Crippen LogP) is 4.15. The summed E-state index contributed by atoms with van der Waals surface area (Å²) in [7, 11) is 1.43. The number of carbonyl (C=O) groups excluding carboxylic acids is 1. The summed E-state index contributed by atoms with van der Waals surface area (Å²) in [6, 6.07) is 0. The number of epoxide rings is 1. The molecule has 0 radical (unpaired) electrons. The first-order chi connectivity index (χ1) is 11.2. The Morgan fingerprint density at radius 3 is 2.65 bits per heavy atom. The van der Waals surface area contributed by atoms with E-state index in [4.69, 9.17) is 4.74 Å². The highest BCUT2D eigenvalue weighted by atomic mass is 16.6. The molecule has 0 aromatic heterocycles. The number of allylic oxidation sites excluding steroid dienone is 1. The Kier molecular flexibility index (Phi) is 11.0. The third-order valence-electron chi connectivity index (χ3n) is 4.35. The van der Waals surface area contributed by atoms with Gasteiger partial charge in [0.15, 0.2) is 0 Å². The summed E-state index contributed by atoms with van der Waals surface area (Å²) in [6.07, 6.45) is 15.5. The molecule has 4 nitrogen and oxygen atoms in total. The van der Waals surface area contributed by atoms with Crippen LogP contribution in [0.5, 0.6) is 0 Å². The quantitative estimate of drug-likeness (QED) is 0.225. The minimum atomic E-state index is -0.338. The van der Waals surface area contributed by atoms with Crippen molar-refractivity contribution in [2.24, 2.45) is 0 Å². The molecule has 0 bridgehead atoms. The first-order valence-electron chi connectivity index (χ1n) is 9.26. The van der Waals surface area contributed by atoms with E-state index < -0.39 is 0 Å². The van der Waals surface area contributed by atoms with E-state index in [-0.39, 0.29) is 24.3 Å². The van der Waals surface area contributed by atoms with E-state index >= 15 is 0 Å². The second kappa shape index (κ2) is 12.5. The Morgan fingerprint density at radius 1 is 1.17 bits per heavy atom. The third-order valence-corrected chi connectivity index (χ3v) is 4.35. The minimum absolute atomic E-state index is 0.0109. The lowest BCUT2D eigenvalue weighted by molar-refractivity contribution is -0.140. The topological polar surface area (TPSA) is 59.1 Å². The van der Waals surface area contributed by atoms with E-state index in [1.54, 1.807) is 0 Å². The van der Waals surface area contributed by atoms with Gasteiger partial charge in [-0.05, 0) is 25.7 Å². The number of carbonyl (C=O) groups is 1. The highest BCUT2D eigenvalue weighted by Crippen LogP contribution is 2.29. The third kappa shape index (κ3) is 9.77. The molecule has 1 aliphatic rings. The summed E-state index contributed by atoms with van der Waals surface area (Å²) in [4.78, 5) is 11.0. The van der Waals surface area contributed by atoms with Gasteiger partial charge in [0.25, 0.3) is 0 Å². The van der Waals surface area contributed by atoms with E-state index in [0.717, 1.165) is 44.9 Å². The van der Waals surface area contributed by atoms with Crippen molar-refractivity contribution >= 4 is 5.97 Å². The van der Waals surface area contributed by atoms with E-state index in [0.29, 0.717) is 6.42 Å². The van der Waals surface area contributed by atoms with E-state index in [9.17, 15) is 9.90 Å². The monoisotopic (exact) mass is 326 g/mol. The van der Waals surface area contributed by atoms with E-state index in [2.05, 4.69) is 23.8 Å². The molecule has 0 aromatic rings. The molecule has 4 heteroatoms. The summed E-state index contributed by atoms with van der Waals surface area (Å²) in [5, 5.41) is 10.1. The number of hydrogen-bond acceptors (Lipinski definition) is 4. The Morgan fingerprint density at radius 2 is 1.91 bits per heavy atom. The van der Waals surface area contributed by atoms with Gasteiger partial charge < -0.3 is 14.6 Å². The summed E-state index contributed by atoms with van der Waals surface area (Å²) in [6.45, 7) is 2.21. The molecule has 1 rings (SSSR count). The Hall–Kier alpha value is -0.870. The number of esters is 1. The van der Waals surface area contributed by atoms with Crippen molar-refractivity contribution in [3.63, 3.8) is 0 Å². The van der Waals surface area contributed by atoms with Gasteiger partial charge in [0.1, 0.15) is 12.2 Å². The van der Waals surface area contributed by atoms with Crippen LogP contribution < -0.4 is 0 Å². The molecule has 0 aliphatic carbocycles. The zero-order chi connectivity index (χ0) is 16.9. The fourth-order valence-electron chi connectivity index (χ4n) is 2.76. The lowest BCUT2D eigenvalue weighted by Gasteiger charge is -2.07. The minimum Gasteiger partial charge on any atom is -0.469 e. The lowest BCUT2D eigenvalue weighted by atomic mass is 10.0. The average Bonchev–Trinajstić information content (AvgIpc) is 3.33. The van der Waals surface area contributed by atoms with Gasteiger partial charge in [0.2, 0.25) is 0 Å². The zero-order valence-electron chi connectivity index (χ0n) is 14.8. The summed E-state index contributed by atoms with van der Waals surface area (Å²) in [5.74, 6) is -0.125. The molecule has 1 saturated heterocycles. The number of aliphatic hydroxyl groups excluding tert-OH is 1. The Bertz CT molecular complexity index is 340. The van der Waals surface area contributed by atoms with Crippen LogP contribution in [0.1, 0.15) is 77.6 Å². The van der Waals surface area contributed by atoms with Crippen LogP contribution >= 0.6 is 0 Å². The number of aliphatic hydroxyl groups is 1. The van der Waals surface area contributed by atoms with E-state index in [1.165, 1.54) is 26.4 Å². The van der Waals surface area contributed by atoms with Gasteiger partial charge in [-0.15, -0.1) is 0 Å². The molecule has 1 N–H and O–H groups in total. The van der Waals surface area contributed by atoms with Gasteiger partial charge in [-0.1, -0.05) is 57.6 Å². The number of unbranched alkanes of at least 4 members (excludes halogenated alkanes) is 7. The molecule has 0 amide bonds. The van der Waals surface area contributed by atoms with Crippen LogP contribution in [0.4, 0.5) is 0 Å². The maximum atomic E-state index is 11.0. The zero-order valence-corrected chi connectivity index (χ0v) is 14.8. The second-order valence-electron chi connectivity index (χ2n) is 6.44. The molecule has 134 valence electrons. The summed E-state index contributed by atoms with van der Waals surface area (Å²) < 4.78 is 10.1. The average molecular weight is 326 g/mol. The van der Waals surface area contributed by atoms with Gasteiger partial charge in [-0.2, -0.15) is 0 Å². The normalized spacial score (nSPS) is 21.5. The molecule has 1 aliphatic heterocycles. The second-order valence-corrected chi connectivity index (χ2v) is 6.44. The van der Waals surface area contributed by atoms with Crippen molar-refractivity contribution in [3.8, 4) is 0 Å². The molecule has 1 heterocycles. The van der Waals surface area contributed by atoms with Crippen molar-refractivity contribution in [2.75, 3.05) is 7.11 Å². The van der Waals surface area contributed by atoms with Gasteiger partial charge in [0, 0.05) is 6.42 Å². The van der Waals surface area contributed by atoms with Crippen molar-refractivity contribution in [1.82, 2.24) is 0 Å². The molecule has 0 unspecified atom stereocenters. The largest absolute Gasteiger partial charge is 0.469 e. The van der Waals surface area contributed by atoms with Gasteiger partial charge in [-0.25, -0.2) is 0 Å². The smallest absolute Gasteiger partial charge is 0.305 e. The Balaban J connectivity index is 1.93. The SMILES string of the molecule is CCCCC/C=C/[C@@H]1O[C@H]1[C@H](O)CCCCCCCC(=O)OC. The fraction of sp³-hybridized carbons (Fsp3) is 0.842. The summed E-state index contributed by atoms with van der Waals surface area (Å²) in [5.41, 5.74) is 0. The van der Waals surface area contributed by atoms with Crippen LogP contribution in [0.2, 0.25) is 0 Å². The highest BCUT2D eigenvalue weighted by molar-refractivity contribution is 5.68. The number of rotatable bonds is 14. The van der Waals surface area contributed by atoms with E-state index in [1.807, 2.05) is 0 Å². The number of methoxy groups -OCH3 is 1. The Labute approximate surface area is 141 Å². The van der Waals surface area contributed by atoms with Crippen molar-refractivity contribution in [2.45, 2.75) is 95.9 Å². The lowest BCUT2D eigenvalue weighted by Crippen LogP contribution is -2.16. The van der Waals surface area contributed by atoms with Crippen LogP contribution in [-0.4, -0.2) is 36.5 Å². The number of hydrogen-bond donors (Lipinski definition) is 1. The van der Waals surface area contributed by atoms with Crippen LogP contribution in [0, 0.1) is 0 Å². The van der Waals surface area contributed by atoms with Crippen molar-refractivity contribution in [1.29, 1.82) is 0 Å². The number of ether oxygens (including phenoxy) is 2. The van der Waals surface area contributed by atoms with Crippen molar-refractivity contribution < 1.29 is 19.4 Å². The van der Waals surface area contributed by atoms with Crippen LogP contribution in [0.15, 0.2) is 12.2 Å². The van der Waals surface area contributed by atoms with Gasteiger partial charge in [0.05, 0.1) is 13.2 Å². The predicted molar refractivity (Wildman–Crippen MR) is 92.3 cm³/mol.